The molecule has 5 nitrogen and oxygen atoms in total. The van der Waals surface area contributed by atoms with E-state index in [0.29, 0.717) is 15.7 Å². The second kappa shape index (κ2) is 4.29. The van der Waals surface area contributed by atoms with Gasteiger partial charge in [-0.3, -0.25) is 19.3 Å². The Kier molecular flexibility index (Phi) is 2.97. The Morgan fingerprint density at radius 2 is 2.12 bits per heavy atom. The molecule has 17 heavy (non-hydrogen) atoms. The third kappa shape index (κ3) is 1.95. The molecule has 0 atom stereocenters. The zero-order chi connectivity index (χ0) is 12.6. The number of carbonyl (C=O) groups is 3. The van der Waals surface area contributed by atoms with Crippen LogP contribution >= 0.6 is 15.9 Å². The molecule has 1 aromatic rings. The van der Waals surface area contributed by atoms with Crippen LogP contribution in [0.25, 0.3) is 0 Å². The molecule has 2 rings (SSSR count). The van der Waals surface area contributed by atoms with Gasteiger partial charge in [-0.25, -0.2) is 0 Å². The van der Waals surface area contributed by atoms with Crippen LogP contribution in [0.5, 0.6) is 0 Å². The molecule has 0 aliphatic carbocycles. The van der Waals surface area contributed by atoms with Crippen molar-refractivity contribution in [1.29, 1.82) is 0 Å². The van der Waals surface area contributed by atoms with Crippen molar-refractivity contribution in [3.63, 3.8) is 0 Å². The third-order valence-corrected chi connectivity index (χ3v) is 2.94. The Balaban J connectivity index is 2.41. The lowest BCUT2D eigenvalue weighted by Gasteiger charge is -2.14. The van der Waals surface area contributed by atoms with Crippen molar-refractivity contribution in [2.45, 2.75) is 0 Å². The lowest BCUT2D eigenvalue weighted by Crippen LogP contribution is -2.35. The average molecular weight is 298 g/mol. The first-order chi connectivity index (χ1) is 8.04. The van der Waals surface area contributed by atoms with Crippen LogP contribution in [0.2, 0.25) is 0 Å². The Morgan fingerprint density at radius 1 is 1.41 bits per heavy atom. The van der Waals surface area contributed by atoms with Crippen LogP contribution in [0.4, 0.5) is 5.69 Å². The van der Waals surface area contributed by atoms with Crippen LogP contribution in [0.1, 0.15) is 10.4 Å². The predicted molar refractivity (Wildman–Crippen MR) is 62.8 cm³/mol. The van der Waals surface area contributed by atoms with Crippen LogP contribution in [0.15, 0.2) is 22.7 Å². The lowest BCUT2D eigenvalue weighted by atomic mass is 10.1. The van der Waals surface area contributed by atoms with E-state index in [1.807, 2.05) is 0 Å². The first-order valence-electron chi connectivity index (χ1n) is 4.77. The molecule has 0 N–H and O–H groups in total. The normalized spacial score (nSPS) is 13.9. The topological polar surface area (TPSA) is 63.7 Å². The van der Waals surface area contributed by atoms with E-state index >= 15 is 0 Å². The molecule has 1 aliphatic heterocycles. The number of benzene rings is 1. The van der Waals surface area contributed by atoms with E-state index < -0.39 is 17.7 Å². The molecule has 0 aromatic heterocycles. The van der Waals surface area contributed by atoms with Gasteiger partial charge in [0.05, 0.1) is 18.4 Å². The minimum absolute atomic E-state index is 0.254. The highest BCUT2D eigenvalue weighted by Crippen LogP contribution is 2.31. The highest BCUT2D eigenvalue weighted by molar-refractivity contribution is 9.10. The number of halogens is 1. The summed E-state index contributed by atoms with van der Waals surface area (Å²) in [7, 11) is 1.23. The van der Waals surface area contributed by atoms with Crippen LogP contribution in [-0.2, 0) is 14.3 Å². The number of rotatable bonds is 2. The van der Waals surface area contributed by atoms with Crippen LogP contribution in [0.3, 0.4) is 0 Å². The number of Topliss-reactive ketones (excluding diaryl/α,β-unsaturated/α-hetero) is 1. The molecule has 0 saturated heterocycles. The van der Waals surface area contributed by atoms with Gasteiger partial charge in [-0.05, 0) is 18.2 Å². The highest BCUT2D eigenvalue weighted by Gasteiger charge is 2.36. The Morgan fingerprint density at radius 3 is 2.76 bits per heavy atom. The summed E-state index contributed by atoms with van der Waals surface area (Å²) in [5.41, 5.74) is 0.738. The number of ketones is 1. The van der Waals surface area contributed by atoms with Gasteiger partial charge in [-0.15, -0.1) is 0 Å². The molecular formula is C11H8BrNO4. The van der Waals surface area contributed by atoms with Crippen molar-refractivity contribution in [2.75, 3.05) is 18.6 Å². The Labute approximate surface area is 105 Å². The molecule has 1 aliphatic rings. The maximum Gasteiger partial charge on any atom is 0.325 e. The van der Waals surface area contributed by atoms with Gasteiger partial charge in [0.1, 0.15) is 6.54 Å². The molecule has 0 saturated carbocycles. The molecule has 0 unspecified atom stereocenters. The number of ether oxygens (including phenoxy) is 1. The number of carbonyl (C=O) groups excluding carboxylic acids is 3. The lowest BCUT2D eigenvalue weighted by molar-refractivity contribution is -0.139. The number of methoxy groups -OCH3 is 1. The summed E-state index contributed by atoms with van der Waals surface area (Å²) < 4.78 is 5.19. The van der Waals surface area contributed by atoms with E-state index in [-0.39, 0.29) is 6.54 Å². The highest BCUT2D eigenvalue weighted by atomic mass is 79.9. The summed E-state index contributed by atoms with van der Waals surface area (Å²) in [4.78, 5) is 35.6. The van der Waals surface area contributed by atoms with Crippen molar-refractivity contribution in [1.82, 2.24) is 0 Å². The van der Waals surface area contributed by atoms with E-state index in [9.17, 15) is 14.4 Å². The van der Waals surface area contributed by atoms with Crippen molar-refractivity contribution in [3.05, 3.63) is 28.2 Å². The number of anilines is 1. The van der Waals surface area contributed by atoms with Gasteiger partial charge >= 0.3 is 5.97 Å². The van der Waals surface area contributed by atoms with Gasteiger partial charge in [-0.1, -0.05) is 15.9 Å². The van der Waals surface area contributed by atoms with E-state index in [1.165, 1.54) is 7.11 Å². The maximum atomic E-state index is 11.7. The fourth-order valence-electron chi connectivity index (χ4n) is 1.62. The number of hydrogen-bond donors (Lipinski definition) is 0. The van der Waals surface area contributed by atoms with E-state index in [0.717, 1.165) is 4.90 Å². The summed E-state index contributed by atoms with van der Waals surface area (Å²) in [6.45, 7) is -0.254. The van der Waals surface area contributed by atoms with Gasteiger partial charge in [0.25, 0.3) is 11.7 Å². The molecule has 0 bridgehead atoms. The standard InChI is InChI=1S/C11H8BrNO4/c1-17-9(14)5-13-8-3-2-6(12)4-7(8)10(15)11(13)16/h2-4H,5H2,1H3. The van der Waals surface area contributed by atoms with Gasteiger partial charge < -0.3 is 4.74 Å². The second-order valence-corrected chi connectivity index (χ2v) is 4.37. The molecule has 0 radical (unpaired) electrons. The van der Waals surface area contributed by atoms with E-state index in [1.54, 1.807) is 18.2 Å². The fourth-order valence-corrected chi connectivity index (χ4v) is 1.98. The first-order valence-corrected chi connectivity index (χ1v) is 5.56. The van der Waals surface area contributed by atoms with Crippen molar-refractivity contribution in [3.8, 4) is 0 Å². The quantitative estimate of drug-likeness (QED) is 0.607. The third-order valence-electron chi connectivity index (χ3n) is 2.45. The Bertz CT molecular complexity index is 526. The maximum absolute atomic E-state index is 11.7. The molecule has 1 aromatic carbocycles. The molecular weight excluding hydrogens is 290 g/mol. The molecule has 1 heterocycles. The van der Waals surface area contributed by atoms with Crippen molar-refractivity contribution in [2.24, 2.45) is 0 Å². The molecule has 0 fully saturated rings. The van der Waals surface area contributed by atoms with Gasteiger partial charge in [-0.2, -0.15) is 0 Å². The average Bonchev–Trinajstić information content (AvgIpc) is 2.54. The summed E-state index contributed by atoms with van der Waals surface area (Å²) in [5, 5.41) is 0. The van der Waals surface area contributed by atoms with E-state index in [2.05, 4.69) is 20.7 Å². The predicted octanol–water partition coefficient (Wildman–Crippen LogP) is 1.15. The first kappa shape index (κ1) is 11.8. The number of hydrogen-bond acceptors (Lipinski definition) is 4. The largest absolute Gasteiger partial charge is 0.468 e. The van der Waals surface area contributed by atoms with Crippen LogP contribution in [-0.4, -0.2) is 31.3 Å². The smallest absolute Gasteiger partial charge is 0.325 e. The monoisotopic (exact) mass is 297 g/mol. The van der Waals surface area contributed by atoms with Crippen LogP contribution in [0, 0.1) is 0 Å². The number of nitrogens with zero attached hydrogens (tertiary/aromatic N) is 1. The number of fused-ring (bicyclic) bond motifs is 1. The zero-order valence-electron chi connectivity index (χ0n) is 8.90. The summed E-state index contributed by atoms with van der Waals surface area (Å²) in [6.07, 6.45) is 0. The zero-order valence-corrected chi connectivity index (χ0v) is 10.5. The minimum atomic E-state index is -0.705. The summed E-state index contributed by atoms with van der Waals surface area (Å²) in [5.74, 6) is -1.88. The van der Waals surface area contributed by atoms with Crippen molar-refractivity contribution < 1.29 is 19.1 Å². The Hall–Kier alpha value is -1.69. The van der Waals surface area contributed by atoms with Crippen LogP contribution < -0.4 is 4.90 Å². The molecule has 88 valence electrons. The number of esters is 1. The summed E-state index contributed by atoms with van der Waals surface area (Å²) >= 11 is 3.22. The van der Waals surface area contributed by atoms with Crippen molar-refractivity contribution >= 4 is 39.3 Å². The molecule has 1 amide bonds. The van der Waals surface area contributed by atoms with E-state index in [4.69, 9.17) is 0 Å². The fraction of sp³-hybridized carbons (Fsp3) is 0.182. The molecule has 6 heteroatoms. The second-order valence-electron chi connectivity index (χ2n) is 3.46. The van der Waals surface area contributed by atoms with Gasteiger partial charge in [0, 0.05) is 4.47 Å². The SMILES string of the molecule is COC(=O)CN1C(=O)C(=O)c2cc(Br)ccc21. The van der Waals surface area contributed by atoms with Gasteiger partial charge in [0.15, 0.2) is 0 Å². The molecule has 0 spiro atoms. The minimum Gasteiger partial charge on any atom is -0.468 e. The number of amides is 1. The van der Waals surface area contributed by atoms with Gasteiger partial charge in [0.2, 0.25) is 0 Å². The summed E-state index contributed by atoms with van der Waals surface area (Å²) in [6, 6.07) is 4.88.